The molecular weight excluding hydrogens is 284 g/mol. The second-order valence-corrected chi connectivity index (χ2v) is 6.43. The summed E-state index contributed by atoms with van der Waals surface area (Å²) >= 11 is 1.42. The van der Waals surface area contributed by atoms with E-state index in [1.54, 1.807) is 0 Å². The summed E-state index contributed by atoms with van der Waals surface area (Å²) < 4.78 is 0. The van der Waals surface area contributed by atoms with Crippen LogP contribution in [0.25, 0.3) is 0 Å². The van der Waals surface area contributed by atoms with Crippen LogP contribution in [-0.4, -0.2) is 16.1 Å². The molecule has 0 bridgehead atoms. The highest BCUT2D eigenvalue weighted by atomic mass is 32.1. The molecule has 0 fully saturated rings. The van der Waals surface area contributed by atoms with Gasteiger partial charge >= 0.3 is 0 Å². The highest BCUT2D eigenvalue weighted by Crippen LogP contribution is 2.19. The Morgan fingerprint density at radius 2 is 2.00 bits per heavy atom. The van der Waals surface area contributed by atoms with Crippen molar-refractivity contribution in [1.29, 1.82) is 0 Å². The maximum absolute atomic E-state index is 12.0. The molecule has 1 unspecified atom stereocenters. The Kier molecular flexibility index (Phi) is 5.41. The molecule has 0 saturated heterocycles. The molecule has 1 amide bonds. The standard InChI is InChI=1S/C15H20N4OS/c1-10(2)8-14-18-19-15(21-14)17-13(20)9-12(16)11-6-4-3-5-7-11/h3-7,10,12H,8-9,16H2,1-2H3,(H,17,19,20). The van der Waals surface area contributed by atoms with Crippen LogP contribution in [0.5, 0.6) is 0 Å². The minimum absolute atomic E-state index is 0.140. The molecule has 6 heteroatoms. The number of carbonyl (C=O) groups is 1. The van der Waals surface area contributed by atoms with E-state index in [9.17, 15) is 4.79 Å². The first-order valence-corrected chi connectivity index (χ1v) is 7.79. The molecular formula is C15H20N4OS. The predicted molar refractivity (Wildman–Crippen MR) is 85.1 cm³/mol. The molecule has 112 valence electrons. The normalized spacial score (nSPS) is 12.4. The summed E-state index contributed by atoms with van der Waals surface area (Å²) in [6.45, 7) is 4.25. The minimum atomic E-state index is -0.311. The highest BCUT2D eigenvalue weighted by molar-refractivity contribution is 7.15. The van der Waals surface area contributed by atoms with Gasteiger partial charge in [0.2, 0.25) is 11.0 Å². The molecule has 1 heterocycles. The van der Waals surface area contributed by atoms with Gasteiger partial charge in [0.1, 0.15) is 5.01 Å². The van der Waals surface area contributed by atoms with Crippen LogP contribution in [0.15, 0.2) is 30.3 Å². The Labute approximate surface area is 128 Å². The number of amides is 1. The van der Waals surface area contributed by atoms with E-state index < -0.39 is 0 Å². The Balaban J connectivity index is 1.88. The Morgan fingerprint density at radius 3 is 2.67 bits per heavy atom. The van der Waals surface area contributed by atoms with Crippen LogP contribution < -0.4 is 11.1 Å². The molecule has 21 heavy (non-hydrogen) atoms. The van der Waals surface area contributed by atoms with Crippen molar-refractivity contribution < 1.29 is 4.79 Å². The summed E-state index contributed by atoms with van der Waals surface area (Å²) in [5, 5.41) is 12.3. The molecule has 0 radical (unpaired) electrons. The molecule has 0 aliphatic rings. The molecule has 1 aromatic heterocycles. The van der Waals surface area contributed by atoms with Crippen LogP contribution in [0.2, 0.25) is 0 Å². The topological polar surface area (TPSA) is 80.9 Å². The second kappa shape index (κ2) is 7.28. The molecule has 0 aliphatic carbocycles. The monoisotopic (exact) mass is 304 g/mol. The van der Waals surface area contributed by atoms with Crippen LogP contribution in [0, 0.1) is 5.92 Å². The van der Waals surface area contributed by atoms with Gasteiger partial charge in [-0.15, -0.1) is 10.2 Å². The minimum Gasteiger partial charge on any atom is -0.324 e. The fourth-order valence-corrected chi connectivity index (χ4v) is 2.89. The molecule has 2 aromatic rings. The van der Waals surface area contributed by atoms with Crippen LogP contribution in [0.3, 0.4) is 0 Å². The van der Waals surface area contributed by atoms with Gasteiger partial charge in [-0.2, -0.15) is 0 Å². The quantitative estimate of drug-likeness (QED) is 0.860. The van der Waals surface area contributed by atoms with Crippen molar-refractivity contribution in [3.63, 3.8) is 0 Å². The number of anilines is 1. The third-order valence-corrected chi connectivity index (χ3v) is 3.79. The third-order valence-electron chi connectivity index (χ3n) is 2.93. The largest absolute Gasteiger partial charge is 0.324 e. The lowest BCUT2D eigenvalue weighted by molar-refractivity contribution is -0.116. The first-order chi connectivity index (χ1) is 10.0. The number of hydrogen-bond donors (Lipinski definition) is 2. The number of rotatable bonds is 6. The fourth-order valence-electron chi connectivity index (χ4n) is 1.92. The van der Waals surface area contributed by atoms with E-state index in [1.807, 2.05) is 30.3 Å². The Hall–Kier alpha value is -1.79. The van der Waals surface area contributed by atoms with E-state index in [4.69, 9.17) is 5.73 Å². The number of benzene rings is 1. The lowest BCUT2D eigenvalue weighted by Crippen LogP contribution is -2.20. The van der Waals surface area contributed by atoms with E-state index in [2.05, 4.69) is 29.4 Å². The lowest BCUT2D eigenvalue weighted by Gasteiger charge is -2.10. The zero-order chi connectivity index (χ0) is 15.2. The van der Waals surface area contributed by atoms with Crippen LogP contribution in [0.4, 0.5) is 5.13 Å². The third kappa shape index (κ3) is 4.91. The van der Waals surface area contributed by atoms with Gasteiger partial charge in [0, 0.05) is 18.9 Å². The van der Waals surface area contributed by atoms with Crippen LogP contribution in [0.1, 0.15) is 36.9 Å². The number of nitrogens with zero attached hydrogens (tertiary/aromatic N) is 2. The molecule has 0 spiro atoms. The molecule has 3 N–H and O–H groups in total. The predicted octanol–water partition coefficient (Wildman–Crippen LogP) is 2.77. The molecule has 1 atom stereocenters. The first kappa shape index (κ1) is 15.6. The smallest absolute Gasteiger partial charge is 0.228 e. The molecule has 2 rings (SSSR count). The summed E-state index contributed by atoms with van der Waals surface area (Å²) in [6.07, 6.45) is 1.10. The zero-order valence-electron chi connectivity index (χ0n) is 12.2. The van der Waals surface area contributed by atoms with Crippen molar-refractivity contribution >= 4 is 22.4 Å². The number of carbonyl (C=O) groups excluding carboxylic acids is 1. The number of aromatic nitrogens is 2. The van der Waals surface area contributed by atoms with Gasteiger partial charge in [-0.05, 0) is 11.5 Å². The van der Waals surface area contributed by atoms with Crippen molar-refractivity contribution in [2.45, 2.75) is 32.7 Å². The van der Waals surface area contributed by atoms with E-state index >= 15 is 0 Å². The summed E-state index contributed by atoms with van der Waals surface area (Å²) in [5.41, 5.74) is 6.98. The van der Waals surface area contributed by atoms with E-state index in [-0.39, 0.29) is 18.4 Å². The molecule has 0 saturated carbocycles. The van der Waals surface area contributed by atoms with Gasteiger partial charge < -0.3 is 11.1 Å². The Morgan fingerprint density at radius 1 is 1.29 bits per heavy atom. The van der Waals surface area contributed by atoms with Gasteiger partial charge in [-0.3, -0.25) is 4.79 Å². The second-order valence-electron chi connectivity index (χ2n) is 5.37. The van der Waals surface area contributed by atoms with Gasteiger partial charge in [-0.25, -0.2) is 0 Å². The maximum Gasteiger partial charge on any atom is 0.228 e. The van der Waals surface area contributed by atoms with Gasteiger partial charge in [0.25, 0.3) is 0 Å². The van der Waals surface area contributed by atoms with E-state index in [1.165, 1.54) is 11.3 Å². The number of nitrogens with two attached hydrogens (primary N) is 1. The van der Waals surface area contributed by atoms with Crippen LogP contribution >= 0.6 is 11.3 Å². The maximum atomic E-state index is 12.0. The number of nitrogens with one attached hydrogen (secondary N) is 1. The summed E-state index contributed by atoms with van der Waals surface area (Å²) in [6, 6.07) is 9.28. The average molecular weight is 304 g/mol. The molecule has 1 aromatic carbocycles. The molecule has 0 aliphatic heterocycles. The van der Waals surface area contributed by atoms with E-state index in [0.717, 1.165) is 17.0 Å². The summed E-state index contributed by atoms with van der Waals surface area (Å²) in [7, 11) is 0. The number of hydrogen-bond acceptors (Lipinski definition) is 5. The van der Waals surface area contributed by atoms with Crippen molar-refractivity contribution in [2.24, 2.45) is 11.7 Å². The SMILES string of the molecule is CC(C)Cc1nnc(NC(=O)CC(N)c2ccccc2)s1. The van der Waals surface area contributed by atoms with Crippen molar-refractivity contribution in [3.05, 3.63) is 40.9 Å². The fraction of sp³-hybridized carbons (Fsp3) is 0.400. The van der Waals surface area contributed by atoms with Crippen molar-refractivity contribution in [1.82, 2.24) is 10.2 Å². The van der Waals surface area contributed by atoms with Gasteiger partial charge in [-0.1, -0.05) is 55.5 Å². The first-order valence-electron chi connectivity index (χ1n) is 6.97. The highest BCUT2D eigenvalue weighted by Gasteiger charge is 2.14. The summed E-state index contributed by atoms with van der Waals surface area (Å²) in [4.78, 5) is 12.0. The Bertz CT molecular complexity index is 582. The molecule has 5 nitrogen and oxygen atoms in total. The summed E-state index contributed by atoms with van der Waals surface area (Å²) in [5.74, 6) is 0.381. The zero-order valence-corrected chi connectivity index (χ0v) is 13.1. The average Bonchev–Trinajstić information content (AvgIpc) is 2.85. The van der Waals surface area contributed by atoms with Gasteiger partial charge in [0.15, 0.2) is 0 Å². The lowest BCUT2D eigenvalue weighted by atomic mass is 10.0. The van der Waals surface area contributed by atoms with Gasteiger partial charge in [0.05, 0.1) is 0 Å². The van der Waals surface area contributed by atoms with Crippen molar-refractivity contribution in [3.8, 4) is 0 Å². The van der Waals surface area contributed by atoms with Crippen LogP contribution in [-0.2, 0) is 11.2 Å². The van der Waals surface area contributed by atoms with Crippen molar-refractivity contribution in [2.75, 3.05) is 5.32 Å². The van der Waals surface area contributed by atoms with E-state index in [0.29, 0.717) is 11.0 Å².